The summed E-state index contributed by atoms with van der Waals surface area (Å²) < 4.78 is 2.00. The number of aromatic nitrogens is 1. The van der Waals surface area contributed by atoms with Crippen molar-refractivity contribution in [3.63, 3.8) is 0 Å². The monoisotopic (exact) mass is 232 g/mol. The van der Waals surface area contributed by atoms with Gasteiger partial charge in [0, 0.05) is 24.3 Å². The summed E-state index contributed by atoms with van der Waals surface area (Å²) in [6.07, 6.45) is 7.17. The summed E-state index contributed by atoms with van der Waals surface area (Å²) in [5.41, 5.74) is 2.86. The highest BCUT2D eigenvalue weighted by atomic mass is 16.1. The molecule has 2 aliphatic rings. The van der Waals surface area contributed by atoms with E-state index in [0.717, 1.165) is 38.4 Å². The average molecular weight is 232 g/mol. The summed E-state index contributed by atoms with van der Waals surface area (Å²) in [7, 11) is 0. The Morgan fingerprint density at radius 2 is 2.18 bits per heavy atom. The van der Waals surface area contributed by atoms with Gasteiger partial charge >= 0.3 is 0 Å². The van der Waals surface area contributed by atoms with E-state index < -0.39 is 0 Å². The summed E-state index contributed by atoms with van der Waals surface area (Å²) in [6.45, 7) is 1.92. The molecule has 1 fully saturated rings. The standard InChI is InChI=1S/C14H20N2O/c17-14-8-5-11-3-1-4-13(11)16(14)10-2-9-15-12-6-7-12/h5,8,12,15H,1-4,6-7,9-10H2. The highest BCUT2D eigenvalue weighted by Crippen LogP contribution is 2.20. The Kier molecular flexibility index (Phi) is 3.02. The number of rotatable bonds is 5. The first-order valence-corrected chi connectivity index (χ1v) is 6.79. The van der Waals surface area contributed by atoms with Crippen LogP contribution < -0.4 is 10.9 Å². The van der Waals surface area contributed by atoms with Gasteiger partial charge in [-0.25, -0.2) is 0 Å². The van der Waals surface area contributed by atoms with Crippen molar-refractivity contribution < 1.29 is 0 Å². The molecule has 0 spiro atoms. The maximum absolute atomic E-state index is 11.9. The first-order valence-electron chi connectivity index (χ1n) is 6.79. The maximum Gasteiger partial charge on any atom is 0.250 e. The lowest BCUT2D eigenvalue weighted by molar-refractivity contribution is 0.555. The molecule has 3 nitrogen and oxygen atoms in total. The fourth-order valence-corrected chi connectivity index (χ4v) is 2.71. The van der Waals surface area contributed by atoms with Crippen LogP contribution in [0.5, 0.6) is 0 Å². The van der Waals surface area contributed by atoms with Crippen LogP contribution in [0.4, 0.5) is 0 Å². The van der Waals surface area contributed by atoms with Crippen molar-refractivity contribution in [2.75, 3.05) is 6.54 Å². The molecule has 1 heterocycles. The fourth-order valence-electron chi connectivity index (χ4n) is 2.71. The molecule has 3 heteroatoms. The molecule has 0 aromatic carbocycles. The van der Waals surface area contributed by atoms with Crippen LogP contribution in [0.2, 0.25) is 0 Å². The molecule has 0 radical (unpaired) electrons. The van der Waals surface area contributed by atoms with Crippen LogP contribution in [0.15, 0.2) is 16.9 Å². The van der Waals surface area contributed by atoms with Gasteiger partial charge in [-0.05, 0) is 50.6 Å². The fraction of sp³-hybridized carbons (Fsp3) is 0.643. The molecular weight excluding hydrogens is 212 g/mol. The summed E-state index contributed by atoms with van der Waals surface area (Å²) in [6, 6.07) is 4.52. The van der Waals surface area contributed by atoms with Crippen LogP contribution in [0.25, 0.3) is 0 Å². The molecular formula is C14H20N2O. The predicted molar refractivity (Wildman–Crippen MR) is 68.4 cm³/mol. The summed E-state index contributed by atoms with van der Waals surface area (Å²) in [5, 5.41) is 3.50. The van der Waals surface area contributed by atoms with E-state index >= 15 is 0 Å². The number of hydrogen-bond acceptors (Lipinski definition) is 2. The van der Waals surface area contributed by atoms with Gasteiger partial charge < -0.3 is 9.88 Å². The van der Waals surface area contributed by atoms with Crippen molar-refractivity contribution in [1.29, 1.82) is 0 Å². The second-order valence-electron chi connectivity index (χ2n) is 5.23. The molecule has 0 aliphatic heterocycles. The van der Waals surface area contributed by atoms with E-state index in [1.165, 1.54) is 30.5 Å². The van der Waals surface area contributed by atoms with E-state index in [2.05, 4.69) is 5.32 Å². The zero-order valence-corrected chi connectivity index (χ0v) is 10.2. The van der Waals surface area contributed by atoms with Crippen LogP contribution in [-0.2, 0) is 19.4 Å². The van der Waals surface area contributed by atoms with Gasteiger partial charge in [0.15, 0.2) is 0 Å². The summed E-state index contributed by atoms with van der Waals surface area (Å²) in [4.78, 5) is 11.9. The van der Waals surface area contributed by atoms with Crippen molar-refractivity contribution in [3.05, 3.63) is 33.7 Å². The minimum absolute atomic E-state index is 0.178. The third-order valence-corrected chi connectivity index (χ3v) is 3.82. The quantitative estimate of drug-likeness (QED) is 0.780. The van der Waals surface area contributed by atoms with Crippen LogP contribution in [0.1, 0.15) is 36.9 Å². The lowest BCUT2D eigenvalue weighted by Crippen LogP contribution is -2.25. The molecule has 0 atom stereocenters. The zero-order valence-electron chi connectivity index (χ0n) is 10.2. The van der Waals surface area contributed by atoms with Gasteiger partial charge in [0.2, 0.25) is 0 Å². The molecule has 0 unspecified atom stereocenters. The third-order valence-electron chi connectivity index (χ3n) is 3.82. The molecule has 1 saturated carbocycles. The van der Waals surface area contributed by atoms with E-state index in [1.54, 1.807) is 6.07 Å². The number of aryl methyl sites for hydroxylation is 1. The summed E-state index contributed by atoms with van der Waals surface area (Å²) >= 11 is 0. The molecule has 17 heavy (non-hydrogen) atoms. The predicted octanol–water partition coefficient (Wildman–Crippen LogP) is 1.48. The molecule has 0 saturated heterocycles. The van der Waals surface area contributed by atoms with E-state index in [-0.39, 0.29) is 5.56 Å². The number of nitrogens with one attached hydrogen (secondary N) is 1. The van der Waals surface area contributed by atoms with Crippen LogP contribution in [-0.4, -0.2) is 17.2 Å². The van der Waals surface area contributed by atoms with Gasteiger partial charge in [-0.3, -0.25) is 4.79 Å². The Labute approximate surface area is 102 Å². The molecule has 0 bridgehead atoms. The number of nitrogens with zero attached hydrogens (tertiary/aromatic N) is 1. The van der Waals surface area contributed by atoms with E-state index in [9.17, 15) is 4.79 Å². The van der Waals surface area contributed by atoms with Crippen LogP contribution in [0, 0.1) is 0 Å². The largest absolute Gasteiger partial charge is 0.314 e. The number of pyridine rings is 1. The molecule has 1 aromatic heterocycles. The van der Waals surface area contributed by atoms with Gasteiger partial charge in [0.1, 0.15) is 0 Å². The highest BCUT2D eigenvalue weighted by molar-refractivity contribution is 5.25. The Bertz CT molecular complexity index is 460. The van der Waals surface area contributed by atoms with Gasteiger partial charge in [0.05, 0.1) is 0 Å². The van der Waals surface area contributed by atoms with Crippen molar-refractivity contribution in [1.82, 2.24) is 9.88 Å². The Hall–Kier alpha value is -1.09. The van der Waals surface area contributed by atoms with Crippen molar-refractivity contribution >= 4 is 0 Å². The first kappa shape index (κ1) is 11.0. The average Bonchev–Trinajstić information content (AvgIpc) is 3.03. The van der Waals surface area contributed by atoms with Crippen molar-refractivity contribution in [2.45, 2.75) is 51.1 Å². The lowest BCUT2D eigenvalue weighted by atomic mass is 10.2. The normalized spacial score (nSPS) is 18.4. The Balaban J connectivity index is 1.64. The van der Waals surface area contributed by atoms with Crippen molar-refractivity contribution in [3.8, 4) is 0 Å². The minimum Gasteiger partial charge on any atom is -0.314 e. The molecule has 1 aromatic rings. The second-order valence-corrected chi connectivity index (χ2v) is 5.23. The van der Waals surface area contributed by atoms with E-state index in [1.807, 2.05) is 10.6 Å². The Morgan fingerprint density at radius 3 is 3.00 bits per heavy atom. The first-order chi connectivity index (χ1) is 8.34. The van der Waals surface area contributed by atoms with Crippen LogP contribution in [0.3, 0.4) is 0 Å². The summed E-state index contributed by atoms with van der Waals surface area (Å²) in [5.74, 6) is 0. The number of fused-ring (bicyclic) bond motifs is 1. The molecule has 3 rings (SSSR count). The lowest BCUT2D eigenvalue weighted by Gasteiger charge is -2.11. The minimum atomic E-state index is 0.178. The second kappa shape index (κ2) is 4.65. The molecule has 2 aliphatic carbocycles. The zero-order chi connectivity index (χ0) is 11.7. The molecule has 0 amide bonds. The van der Waals surface area contributed by atoms with Gasteiger partial charge in [-0.2, -0.15) is 0 Å². The topological polar surface area (TPSA) is 34.0 Å². The Morgan fingerprint density at radius 1 is 1.29 bits per heavy atom. The van der Waals surface area contributed by atoms with Crippen molar-refractivity contribution in [2.24, 2.45) is 0 Å². The van der Waals surface area contributed by atoms with Gasteiger partial charge in [-0.15, -0.1) is 0 Å². The molecule has 92 valence electrons. The molecule has 1 N–H and O–H groups in total. The van der Waals surface area contributed by atoms with Gasteiger partial charge in [0.25, 0.3) is 5.56 Å². The van der Waals surface area contributed by atoms with E-state index in [0.29, 0.717) is 0 Å². The smallest absolute Gasteiger partial charge is 0.250 e. The third kappa shape index (κ3) is 2.44. The SMILES string of the molecule is O=c1ccc2c(n1CCCNC1CC1)CCC2. The number of hydrogen-bond donors (Lipinski definition) is 1. The highest BCUT2D eigenvalue weighted by Gasteiger charge is 2.20. The van der Waals surface area contributed by atoms with Gasteiger partial charge in [-0.1, -0.05) is 6.07 Å². The van der Waals surface area contributed by atoms with E-state index in [4.69, 9.17) is 0 Å². The van der Waals surface area contributed by atoms with Crippen LogP contribution >= 0.6 is 0 Å². The maximum atomic E-state index is 11.9.